The zero-order valence-electron chi connectivity index (χ0n) is 14.6. The van der Waals surface area contributed by atoms with Crippen molar-refractivity contribution in [3.05, 3.63) is 35.9 Å². The lowest BCUT2D eigenvalue weighted by atomic mass is 9.75. The Balaban J connectivity index is 2.51. The number of carbonyl (C=O) groups is 1. The fraction of sp³-hybridized carbons (Fsp3) is 0.611. The fourth-order valence-electron chi connectivity index (χ4n) is 2.92. The van der Waals surface area contributed by atoms with Crippen LogP contribution in [0.5, 0.6) is 0 Å². The Morgan fingerprint density at radius 3 is 2.27 bits per heavy atom. The van der Waals surface area contributed by atoms with Crippen molar-refractivity contribution >= 4 is 17.1 Å². The summed E-state index contributed by atoms with van der Waals surface area (Å²) in [6.45, 7) is 10.9. The van der Waals surface area contributed by atoms with Gasteiger partial charge in [-0.1, -0.05) is 65.0 Å². The SMILES string of the molecule is COC(NSC(=O)CC(C)(C)CC(C)(C)C)c1ccccc1. The second-order valence-corrected chi connectivity index (χ2v) is 8.59. The highest BCUT2D eigenvalue weighted by Gasteiger charge is 2.28. The Labute approximate surface area is 139 Å². The predicted octanol–water partition coefficient (Wildman–Crippen LogP) is 4.95. The number of hydrogen-bond donors (Lipinski definition) is 1. The standard InChI is InChI=1S/C18H29NO2S/c1-17(2,3)13-18(4,5)12-15(20)22-19-16(21-6)14-10-8-7-9-11-14/h7-11,16,19H,12-13H2,1-6H3. The van der Waals surface area contributed by atoms with Crippen molar-refractivity contribution in [2.45, 2.75) is 53.7 Å². The smallest absolute Gasteiger partial charge is 0.204 e. The van der Waals surface area contributed by atoms with Crippen LogP contribution < -0.4 is 4.72 Å². The summed E-state index contributed by atoms with van der Waals surface area (Å²) in [4.78, 5) is 12.2. The van der Waals surface area contributed by atoms with E-state index in [9.17, 15) is 4.79 Å². The molecule has 0 radical (unpaired) electrons. The van der Waals surface area contributed by atoms with E-state index in [0.717, 1.165) is 23.9 Å². The van der Waals surface area contributed by atoms with Crippen LogP contribution >= 0.6 is 11.9 Å². The van der Waals surface area contributed by atoms with Gasteiger partial charge in [-0.05, 0) is 34.8 Å². The molecular weight excluding hydrogens is 294 g/mol. The zero-order valence-corrected chi connectivity index (χ0v) is 15.4. The van der Waals surface area contributed by atoms with E-state index in [1.54, 1.807) is 7.11 Å². The number of carbonyl (C=O) groups excluding carboxylic acids is 1. The summed E-state index contributed by atoms with van der Waals surface area (Å²) in [5, 5.41) is 0.146. The van der Waals surface area contributed by atoms with Gasteiger partial charge in [-0.15, -0.1) is 0 Å². The number of rotatable bonds is 7. The van der Waals surface area contributed by atoms with Gasteiger partial charge in [0.15, 0.2) is 0 Å². The third-order valence-electron chi connectivity index (χ3n) is 3.25. The molecule has 3 nitrogen and oxygen atoms in total. The highest BCUT2D eigenvalue weighted by molar-refractivity contribution is 8.11. The van der Waals surface area contributed by atoms with Crippen molar-refractivity contribution in [1.29, 1.82) is 0 Å². The molecule has 22 heavy (non-hydrogen) atoms. The van der Waals surface area contributed by atoms with Crippen LogP contribution in [-0.2, 0) is 9.53 Å². The minimum absolute atomic E-state index is 0.000666. The van der Waals surface area contributed by atoms with Gasteiger partial charge in [0.05, 0.1) is 0 Å². The van der Waals surface area contributed by atoms with Crippen LogP contribution in [0.15, 0.2) is 30.3 Å². The maximum absolute atomic E-state index is 12.2. The van der Waals surface area contributed by atoms with Gasteiger partial charge in [-0.2, -0.15) is 0 Å². The molecule has 4 heteroatoms. The van der Waals surface area contributed by atoms with Gasteiger partial charge in [-0.3, -0.25) is 4.79 Å². The number of nitrogens with one attached hydrogen (secondary N) is 1. The van der Waals surface area contributed by atoms with Crippen LogP contribution in [0.2, 0.25) is 0 Å². The second-order valence-electron chi connectivity index (χ2n) is 7.70. The van der Waals surface area contributed by atoms with Crippen molar-refractivity contribution in [2.24, 2.45) is 10.8 Å². The molecule has 1 N–H and O–H groups in total. The lowest BCUT2D eigenvalue weighted by molar-refractivity contribution is -0.113. The summed E-state index contributed by atoms with van der Waals surface area (Å²) in [6.07, 6.45) is 1.28. The molecule has 1 unspecified atom stereocenters. The van der Waals surface area contributed by atoms with Crippen LogP contribution in [0.4, 0.5) is 0 Å². The summed E-state index contributed by atoms with van der Waals surface area (Å²) in [5.41, 5.74) is 1.24. The summed E-state index contributed by atoms with van der Waals surface area (Å²) in [5.74, 6) is 0. The first kappa shape index (κ1) is 19.2. The molecule has 0 spiro atoms. The highest BCUT2D eigenvalue weighted by Crippen LogP contribution is 2.36. The Morgan fingerprint density at radius 1 is 1.18 bits per heavy atom. The van der Waals surface area contributed by atoms with Crippen molar-refractivity contribution in [3.8, 4) is 0 Å². The molecule has 0 aromatic heterocycles. The average molecular weight is 324 g/mol. The zero-order chi connectivity index (χ0) is 16.8. The molecule has 1 atom stereocenters. The Morgan fingerprint density at radius 2 is 1.77 bits per heavy atom. The molecular formula is C18H29NO2S. The van der Waals surface area contributed by atoms with E-state index in [-0.39, 0.29) is 22.2 Å². The van der Waals surface area contributed by atoms with Crippen LogP contribution in [0.25, 0.3) is 0 Å². The Bertz CT molecular complexity index is 466. The maximum Gasteiger partial charge on any atom is 0.204 e. The first-order chi connectivity index (χ1) is 10.1. The first-order valence-corrected chi connectivity index (χ1v) is 8.48. The molecule has 0 amide bonds. The van der Waals surface area contributed by atoms with E-state index in [2.05, 4.69) is 39.3 Å². The van der Waals surface area contributed by atoms with E-state index in [0.29, 0.717) is 6.42 Å². The third kappa shape index (κ3) is 7.43. The van der Waals surface area contributed by atoms with Crippen LogP contribution in [0.3, 0.4) is 0 Å². The molecule has 0 saturated carbocycles. The van der Waals surface area contributed by atoms with Crippen molar-refractivity contribution < 1.29 is 9.53 Å². The van der Waals surface area contributed by atoms with Crippen molar-refractivity contribution in [1.82, 2.24) is 4.72 Å². The molecule has 1 aromatic carbocycles. The molecule has 0 aliphatic carbocycles. The largest absolute Gasteiger partial charge is 0.361 e. The minimum atomic E-state index is -0.277. The molecule has 0 aliphatic rings. The van der Waals surface area contributed by atoms with Gasteiger partial charge in [0.2, 0.25) is 5.12 Å². The average Bonchev–Trinajstić information content (AvgIpc) is 2.37. The minimum Gasteiger partial charge on any atom is -0.361 e. The monoisotopic (exact) mass is 323 g/mol. The van der Waals surface area contributed by atoms with Gasteiger partial charge in [0.25, 0.3) is 0 Å². The summed E-state index contributed by atoms with van der Waals surface area (Å²) in [6, 6.07) is 9.85. The molecule has 0 aliphatic heterocycles. The predicted molar refractivity (Wildman–Crippen MR) is 94.4 cm³/mol. The van der Waals surface area contributed by atoms with E-state index in [1.807, 2.05) is 30.3 Å². The van der Waals surface area contributed by atoms with E-state index >= 15 is 0 Å². The Kier molecular flexibility index (Phi) is 7.10. The van der Waals surface area contributed by atoms with Crippen LogP contribution in [0.1, 0.15) is 59.3 Å². The van der Waals surface area contributed by atoms with Gasteiger partial charge in [0, 0.05) is 13.5 Å². The maximum atomic E-state index is 12.2. The number of benzene rings is 1. The lowest BCUT2D eigenvalue weighted by Crippen LogP contribution is -2.25. The molecule has 0 saturated heterocycles. The molecule has 124 valence electrons. The molecule has 0 fully saturated rings. The third-order valence-corrected chi connectivity index (χ3v) is 3.95. The quantitative estimate of drug-likeness (QED) is 0.569. The Hall–Kier alpha value is -0.840. The van der Waals surface area contributed by atoms with Gasteiger partial charge < -0.3 is 4.74 Å². The highest BCUT2D eigenvalue weighted by atomic mass is 32.2. The molecule has 0 bridgehead atoms. The van der Waals surface area contributed by atoms with Crippen molar-refractivity contribution in [3.63, 3.8) is 0 Å². The van der Waals surface area contributed by atoms with E-state index in [1.165, 1.54) is 0 Å². The van der Waals surface area contributed by atoms with Crippen molar-refractivity contribution in [2.75, 3.05) is 7.11 Å². The fourth-order valence-corrected chi connectivity index (χ4v) is 3.86. The lowest BCUT2D eigenvalue weighted by Gasteiger charge is -2.31. The first-order valence-electron chi connectivity index (χ1n) is 7.66. The second kappa shape index (κ2) is 8.14. The van der Waals surface area contributed by atoms with E-state index in [4.69, 9.17) is 4.74 Å². The van der Waals surface area contributed by atoms with Gasteiger partial charge >= 0.3 is 0 Å². The van der Waals surface area contributed by atoms with Crippen LogP contribution in [-0.4, -0.2) is 12.2 Å². The van der Waals surface area contributed by atoms with E-state index < -0.39 is 0 Å². The number of hydrogen-bond acceptors (Lipinski definition) is 4. The topological polar surface area (TPSA) is 38.3 Å². The number of ether oxygens (including phenoxy) is 1. The molecule has 1 rings (SSSR count). The van der Waals surface area contributed by atoms with Gasteiger partial charge in [-0.25, -0.2) is 4.72 Å². The molecule has 1 aromatic rings. The van der Waals surface area contributed by atoms with Crippen LogP contribution in [0, 0.1) is 10.8 Å². The summed E-state index contributed by atoms with van der Waals surface area (Å²) < 4.78 is 8.53. The normalized spacial score (nSPS) is 13.9. The number of methoxy groups -OCH3 is 1. The summed E-state index contributed by atoms with van der Waals surface area (Å²) in [7, 11) is 1.64. The van der Waals surface area contributed by atoms with Gasteiger partial charge in [0.1, 0.15) is 6.23 Å². The molecule has 0 heterocycles. The summed E-state index contributed by atoms with van der Waals surface area (Å²) >= 11 is 1.14.